The van der Waals surface area contributed by atoms with Crippen LogP contribution in [0.1, 0.15) is 55.8 Å². The third-order valence-electron chi connectivity index (χ3n) is 4.52. The fourth-order valence-electron chi connectivity index (χ4n) is 2.98. The second kappa shape index (κ2) is 9.30. The zero-order chi connectivity index (χ0) is 17.4. The van der Waals surface area contributed by atoms with Gasteiger partial charge in [0.05, 0.1) is 18.7 Å². The van der Waals surface area contributed by atoms with E-state index in [0.717, 1.165) is 24.9 Å². The van der Waals surface area contributed by atoms with E-state index in [1.54, 1.807) is 24.3 Å². The van der Waals surface area contributed by atoms with Gasteiger partial charge in [0.25, 0.3) is 0 Å². The Morgan fingerprint density at radius 1 is 1.17 bits per heavy atom. The highest BCUT2D eigenvalue weighted by atomic mass is 16.5. The Labute approximate surface area is 144 Å². The summed E-state index contributed by atoms with van der Waals surface area (Å²) < 4.78 is 5.09. The van der Waals surface area contributed by atoms with Crippen LogP contribution in [0.15, 0.2) is 24.3 Å². The molecular formula is C19H28N2O3. The van der Waals surface area contributed by atoms with E-state index in [1.807, 2.05) is 18.9 Å². The van der Waals surface area contributed by atoms with Crippen molar-refractivity contribution >= 4 is 17.6 Å². The molecule has 132 valence electrons. The summed E-state index contributed by atoms with van der Waals surface area (Å²) in [5.74, 6) is -0.204. The lowest BCUT2D eigenvalue weighted by Crippen LogP contribution is -2.41. The Bertz CT molecular complexity index is 536. The first-order chi connectivity index (χ1) is 11.6. The highest BCUT2D eigenvalue weighted by Crippen LogP contribution is 2.21. The van der Waals surface area contributed by atoms with Crippen LogP contribution in [0.4, 0.5) is 5.69 Å². The molecule has 1 aromatic rings. The first-order valence-electron chi connectivity index (χ1n) is 8.88. The number of benzene rings is 1. The van der Waals surface area contributed by atoms with Crippen LogP contribution < -0.4 is 5.32 Å². The average molecular weight is 332 g/mol. The Kier molecular flexibility index (Phi) is 7.09. The Morgan fingerprint density at radius 3 is 2.46 bits per heavy atom. The molecule has 1 amide bonds. The molecule has 5 nitrogen and oxygen atoms in total. The van der Waals surface area contributed by atoms with E-state index < -0.39 is 0 Å². The maximum absolute atomic E-state index is 12.3. The minimum Gasteiger partial charge on any atom is -0.462 e. The number of likely N-dealkylation sites (N-methyl/N-ethyl adjacent to an activating group) is 1. The lowest BCUT2D eigenvalue weighted by atomic mass is 9.94. The average Bonchev–Trinajstić information content (AvgIpc) is 2.64. The molecule has 0 unspecified atom stereocenters. The molecule has 0 atom stereocenters. The summed E-state index contributed by atoms with van der Waals surface area (Å²) >= 11 is 0. The quantitative estimate of drug-likeness (QED) is 0.777. The third-order valence-corrected chi connectivity index (χ3v) is 4.52. The van der Waals surface area contributed by atoms with Crippen LogP contribution in [0.3, 0.4) is 0 Å². The minimum atomic E-state index is -0.309. The van der Waals surface area contributed by atoms with Crippen molar-refractivity contribution in [3.05, 3.63) is 29.8 Å². The highest BCUT2D eigenvalue weighted by molar-refractivity contribution is 5.90. The number of nitrogens with one attached hydrogen (secondary N) is 1. The number of amides is 1. The van der Waals surface area contributed by atoms with E-state index in [9.17, 15) is 9.59 Å². The SMILES string of the molecule is CCCOC(=O)c1ccc(NCC(=O)N(C)C2CCCCC2)cc1. The van der Waals surface area contributed by atoms with E-state index in [-0.39, 0.29) is 18.4 Å². The zero-order valence-corrected chi connectivity index (χ0v) is 14.7. The molecule has 1 aliphatic rings. The number of hydrogen-bond donors (Lipinski definition) is 1. The fraction of sp³-hybridized carbons (Fsp3) is 0.579. The molecule has 0 bridgehead atoms. The Morgan fingerprint density at radius 2 is 1.83 bits per heavy atom. The molecular weight excluding hydrogens is 304 g/mol. The van der Waals surface area contributed by atoms with E-state index >= 15 is 0 Å². The molecule has 1 aromatic carbocycles. The van der Waals surface area contributed by atoms with Gasteiger partial charge in [0.1, 0.15) is 0 Å². The molecule has 0 aromatic heterocycles. The largest absolute Gasteiger partial charge is 0.462 e. The standard InChI is InChI=1S/C19H28N2O3/c1-3-13-24-19(23)15-9-11-16(12-10-15)20-14-18(22)21(2)17-7-5-4-6-8-17/h9-12,17,20H,3-8,13-14H2,1-2H3. The molecule has 1 aliphatic carbocycles. The zero-order valence-electron chi connectivity index (χ0n) is 14.7. The molecule has 0 saturated heterocycles. The molecule has 0 spiro atoms. The molecule has 1 N–H and O–H groups in total. The predicted molar refractivity (Wildman–Crippen MR) is 95.1 cm³/mol. The van der Waals surface area contributed by atoms with Crippen molar-refractivity contribution in [1.29, 1.82) is 0 Å². The van der Waals surface area contributed by atoms with Gasteiger partial charge in [-0.3, -0.25) is 4.79 Å². The molecule has 1 fully saturated rings. The lowest BCUT2D eigenvalue weighted by Gasteiger charge is -2.31. The van der Waals surface area contributed by atoms with Crippen molar-refractivity contribution in [2.45, 2.75) is 51.5 Å². The maximum atomic E-state index is 12.3. The van der Waals surface area contributed by atoms with Crippen LogP contribution >= 0.6 is 0 Å². The Hall–Kier alpha value is -2.04. The van der Waals surface area contributed by atoms with Gasteiger partial charge in [-0.05, 0) is 43.5 Å². The summed E-state index contributed by atoms with van der Waals surface area (Å²) in [5.41, 5.74) is 1.35. The number of hydrogen-bond acceptors (Lipinski definition) is 4. The van der Waals surface area contributed by atoms with Crippen LogP contribution in [0.2, 0.25) is 0 Å². The maximum Gasteiger partial charge on any atom is 0.338 e. The van der Waals surface area contributed by atoms with Gasteiger partial charge in [-0.15, -0.1) is 0 Å². The smallest absolute Gasteiger partial charge is 0.338 e. The van der Waals surface area contributed by atoms with E-state index in [2.05, 4.69) is 5.32 Å². The fourth-order valence-corrected chi connectivity index (χ4v) is 2.98. The molecule has 24 heavy (non-hydrogen) atoms. The second-order valence-electron chi connectivity index (χ2n) is 6.36. The van der Waals surface area contributed by atoms with Crippen LogP contribution in [0.5, 0.6) is 0 Å². The van der Waals surface area contributed by atoms with Crippen molar-refractivity contribution in [1.82, 2.24) is 4.90 Å². The number of anilines is 1. The summed E-state index contributed by atoms with van der Waals surface area (Å²) in [6, 6.07) is 7.42. The molecule has 0 heterocycles. The summed E-state index contributed by atoms with van der Waals surface area (Å²) in [7, 11) is 1.90. The summed E-state index contributed by atoms with van der Waals surface area (Å²) in [4.78, 5) is 25.9. The van der Waals surface area contributed by atoms with E-state index in [4.69, 9.17) is 4.74 Å². The molecule has 2 rings (SSSR count). The van der Waals surface area contributed by atoms with Crippen LogP contribution in [-0.2, 0) is 9.53 Å². The van der Waals surface area contributed by atoms with Gasteiger partial charge in [0.15, 0.2) is 0 Å². The van der Waals surface area contributed by atoms with Crippen LogP contribution in [-0.4, -0.2) is 43.0 Å². The van der Waals surface area contributed by atoms with Gasteiger partial charge in [0, 0.05) is 18.8 Å². The summed E-state index contributed by atoms with van der Waals surface area (Å²) in [6.07, 6.45) is 6.73. The Balaban J connectivity index is 1.80. The normalized spacial score (nSPS) is 14.9. The number of ether oxygens (including phenoxy) is 1. The topological polar surface area (TPSA) is 58.6 Å². The first-order valence-corrected chi connectivity index (χ1v) is 8.88. The predicted octanol–water partition coefficient (Wildman–Crippen LogP) is 3.46. The third kappa shape index (κ3) is 5.25. The number of carbonyl (C=O) groups excluding carboxylic acids is 2. The van der Waals surface area contributed by atoms with Gasteiger partial charge < -0.3 is 15.0 Å². The second-order valence-corrected chi connectivity index (χ2v) is 6.36. The van der Waals surface area contributed by atoms with Crippen molar-refractivity contribution in [2.24, 2.45) is 0 Å². The number of rotatable bonds is 7. The van der Waals surface area contributed by atoms with Gasteiger partial charge in [0.2, 0.25) is 5.91 Å². The highest BCUT2D eigenvalue weighted by Gasteiger charge is 2.21. The molecule has 5 heteroatoms. The van der Waals surface area contributed by atoms with Gasteiger partial charge >= 0.3 is 5.97 Å². The van der Waals surface area contributed by atoms with Gasteiger partial charge in [-0.2, -0.15) is 0 Å². The number of nitrogens with zero attached hydrogens (tertiary/aromatic N) is 1. The van der Waals surface area contributed by atoms with E-state index in [1.165, 1.54) is 19.3 Å². The number of carbonyl (C=O) groups is 2. The van der Waals surface area contributed by atoms with Crippen LogP contribution in [0, 0.1) is 0 Å². The lowest BCUT2D eigenvalue weighted by molar-refractivity contribution is -0.130. The van der Waals surface area contributed by atoms with Crippen LogP contribution in [0.25, 0.3) is 0 Å². The van der Waals surface area contributed by atoms with Crippen molar-refractivity contribution in [2.75, 3.05) is 25.5 Å². The van der Waals surface area contributed by atoms with Crippen molar-refractivity contribution < 1.29 is 14.3 Å². The monoisotopic (exact) mass is 332 g/mol. The summed E-state index contributed by atoms with van der Waals surface area (Å²) in [5, 5.41) is 3.13. The number of esters is 1. The van der Waals surface area contributed by atoms with Crippen molar-refractivity contribution in [3.8, 4) is 0 Å². The summed E-state index contributed by atoms with van der Waals surface area (Å²) in [6.45, 7) is 2.66. The van der Waals surface area contributed by atoms with Crippen molar-refractivity contribution in [3.63, 3.8) is 0 Å². The van der Waals surface area contributed by atoms with Gasteiger partial charge in [-0.1, -0.05) is 26.2 Å². The molecule has 1 saturated carbocycles. The molecule has 0 radical (unpaired) electrons. The molecule has 0 aliphatic heterocycles. The van der Waals surface area contributed by atoms with Gasteiger partial charge in [-0.25, -0.2) is 4.79 Å². The minimum absolute atomic E-state index is 0.105. The van der Waals surface area contributed by atoms with E-state index in [0.29, 0.717) is 18.2 Å². The first kappa shape index (κ1) is 18.3.